The molecule has 1 spiro atoms. The maximum absolute atomic E-state index is 13.3. The van der Waals surface area contributed by atoms with Crippen LogP contribution < -0.4 is 5.32 Å². The van der Waals surface area contributed by atoms with Gasteiger partial charge < -0.3 is 10.2 Å². The predicted octanol–water partition coefficient (Wildman–Crippen LogP) is 2.28. The average molecular weight is 274 g/mol. The van der Waals surface area contributed by atoms with Crippen LogP contribution in [0.25, 0.3) is 0 Å². The van der Waals surface area contributed by atoms with Gasteiger partial charge in [-0.2, -0.15) is 0 Å². The van der Waals surface area contributed by atoms with Gasteiger partial charge in [-0.1, -0.05) is 24.3 Å². The highest BCUT2D eigenvalue weighted by Gasteiger charge is 2.44. The predicted molar refractivity (Wildman–Crippen MR) is 78.8 cm³/mol. The van der Waals surface area contributed by atoms with Gasteiger partial charge in [0.2, 0.25) is 0 Å². The summed E-state index contributed by atoms with van der Waals surface area (Å²) in [5, 5.41) is 3.31. The average Bonchev–Trinajstić information content (AvgIpc) is 3.14. The Morgan fingerprint density at radius 2 is 2.20 bits per heavy atom. The SMILES string of the molecule is F[C@@H]1CN[C@H](CN2CCC3(CCc4ccccc43)C2)C1. The highest BCUT2D eigenvalue weighted by molar-refractivity contribution is 5.40. The Labute approximate surface area is 120 Å². The largest absolute Gasteiger partial charge is 0.310 e. The molecule has 3 atom stereocenters. The van der Waals surface area contributed by atoms with E-state index in [0.29, 0.717) is 24.4 Å². The van der Waals surface area contributed by atoms with Crippen molar-refractivity contribution in [2.75, 3.05) is 26.2 Å². The smallest absolute Gasteiger partial charge is 0.114 e. The first-order valence-corrected chi connectivity index (χ1v) is 7.93. The van der Waals surface area contributed by atoms with Crippen LogP contribution in [0, 0.1) is 0 Å². The monoisotopic (exact) mass is 274 g/mol. The van der Waals surface area contributed by atoms with Crippen LogP contribution in [0.3, 0.4) is 0 Å². The Morgan fingerprint density at radius 3 is 3.05 bits per heavy atom. The van der Waals surface area contributed by atoms with Crippen molar-refractivity contribution in [3.05, 3.63) is 35.4 Å². The van der Waals surface area contributed by atoms with Gasteiger partial charge >= 0.3 is 0 Å². The van der Waals surface area contributed by atoms with Gasteiger partial charge in [0.05, 0.1) is 0 Å². The van der Waals surface area contributed by atoms with Crippen molar-refractivity contribution >= 4 is 0 Å². The van der Waals surface area contributed by atoms with Crippen molar-refractivity contribution in [3.8, 4) is 0 Å². The second kappa shape index (κ2) is 4.81. The third kappa shape index (κ3) is 2.08. The first-order valence-electron chi connectivity index (χ1n) is 7.93. The Kier molecular flexibility index (Phi) is 3.08. The molecule has 20 heavy (non-hydrogen) atoms. The van der Waals surface area contributed by atoms with Gasteiger partial charge in [-0.3, -0.25) is 0 Å². The minimum Gasteiger partial charge on any atom is -0.310 e. The molecular weight excluding hydrogens is 251 g/mol. The summed E-state index contributed by atoms with van der Waals surface area (Å²) < 4.78 is 13.3. The van der Waals surface area contributed by atoms with Gasteiger partial charge in [0, 0.05) is 31.1 Å². The number of fused-ring (bicyclic) bond motifs is 2. The summed E-state index contributed by atoms with van der Waals surface area (Å²) in [4.78, 5) is 2.55. The van der Waals surface area contributed by atoms with Gasteiger partial charge in [0.1, 0.15) is 6.17 Å². The number of benzene rings is 1. The van der Waals surface area contributed by atoms with E-state index in [1.165, 1.54) is 32.4 Å². The normalized spacial score (nSPS) is 36.9. The molecule has 0 radical (unpaired) electrons. The molecule has 3 heteroatoms. The summed E-state index contributed by atoms with van der Waals surface area (Å²) in [7, 11) is 0. The molecule has 2 fully saturated rings. The molecule has 0 saturated carbocycles. The number of aryl methyl sites for hydroxylation is 1. The lowest BCUT2D eigenvalue weighted by Crippen LogP contribution is -2.38. The zero-order valence-corrected chi connectivity index (χ0v) is 11.9. The number of nitrogens with one attached hydrogen (secondary N) is 1. The van der Waals surface area contributed by atoms with Gasteiger partial charge in [-0.15, -0.1) is 0 Å². The van der Waals surface area contributed by atoms with Crippen molar-refractivity contribution in [2.45, 2.75) is 43.3 Å². The van der Waals surface area contributed by atoms with E-state index in [1.54, 1.807) is 11.1 Å². The zero-order chi connectivity index (χ0) is 13.6. The van der Waals surface area contributed by atoms with Gasteiger partial charge in [-0.25, -0.2) is 4.39 Å². The highest BCUT2D eigenvalue weighted by atomic mass is 19.1. The Hall–Kier alpha value is -0.930. The van der Waals surface area contributed by atoms with E-state index >= 15 is 0 Å². The molecule has 0 amide bonds. The van der Waals surface area contributed by atoms with Gasteiger partial charge in [0.25, 0.3) is 0 Å². The summed E-state index contributed by atoms with van der Waals surface area (Å²) in [5.74, 6) is 0. The maximum Gasteiger partial charge on any atom is 0.114 e. The molecular formula is C17H23FN2. The van der Waals surface area contributed by atoms with Crippen LogP contribution in [0.15, 0.2) is 24.3 Å². The Balaban J connectivity index is 1.46. The molecule has 1 N–H and O–H groups in total. The molecule has 1 unspecified atom stereocenters. The van der Waals surface area contributed by atoms with Crippen LogP contribution in [0.2, 0.25) is 0 Å². The van der Waals surface area contributed by atoms with E-state index in [2.05, 4.69) is 34.5 Å². The number of nitrogens with zero attached hydrogens (tertiary/aromatic N) is 1. The summed E-state index contributed by atoms with van der Waals surface area (Å²) in [6.45, 7) is 3.90. The first-order chi connectivity index (χ1) is 9.75. The van der Waals surface area contributed by atoms with Crippen molar-refractivity contribution in [1.29, 1.82) is 0 Å². The second-order valence-electron chi connectivity index (χ2n) is 6.86. The minimum absolute atomic E-state index is 0.358. The van der Waals surface area contributed by atoms with Crippen LogP contribution in [0.5, 0.6) is 0 Å². The standard InChI is InChI=1S/C17H23FN2/c18-14-9-15(19-10-14)11-20-8-7-17(12-20)6-5-13-3-1-2-4-16(13)17/h1-4,14-15,19H,5-12H2/t14-,15-,17?/m0/s1. The molecule has 1 aromatic rings. The van der Waals surface area contributed by atoms with E-state index in [9.17, 15) is 4.39 Å². The maximum atomic E-state index is 13.3. The molecule has 2 nitrogen and oxygen atoms in total. The van der Waals surface area contributed by atoms with Crippen molar-refractivity contribution in [1.82, 2.24) is 10.2 Å². The molecule has 2 saturated heterocycles. The van der Waals surface area contributed by atoms with E-state index in [-0.39, 0.29) is 0 Å². The number of alkyl halides is 1. The number of likely N-dealkylation sites (tertiary alicyclic amines) is 1. The van der Waals surface area contributed by atoms with Gasteiger partial charge in [0.15, 0.2) is 0 Å². The van der Waals surface area contributed by atoms with Crippen LogP contribution >= 0.6 is 0 Å². The van der Waals surface area contributed by atoms with Crippen molar-refractivity contribution < 1.29 is 4.39 Å². The fourth-order valence-corrected chi connectivity index (χ4v) is 4.52. The molecule has 2 heterocycles. The molecule has 0 aromatic heterocycles. The number of hydrogen-bond donors (Lipinski definition) is 1. The molecule has 4 rings (SSSR count). The summed E-state index contributed by atoms with van der Waals surface area (Å²) >= 11 is 0. The molecule has 1 aromatic carbocycles. The van der Waals surface area contributed by atoms with E-state index in [1.807, 2.05) is 0 Å². The molecule has 2 aliphatic heterocycles. The van der Waals surface area contributed by atoms with Crippen LogP contribution in [-0.2, 0) is 11.8 Å². The molecule has 0 bridgehead atoms. The number of rotatable bonds is 2. The first kappa shape index (κ1) is 12.8. The van der Waals surface area contributed by atoms with Crippen LogP contribution in [0.4, 0.5) is 4.39 Å². The minimum atomic E-state index is -0.635. The van der Waals surface area contributed by atoms with Gasteiger partial charge in [-0.05, 0) is 43.4 Å². The van der Waals surface area contributed by atoms with Crippen LogP contribution in [0.1, 0.15) is 30.4 Å². The zero-order valence-electron chi connectivity index (χ0n) is 11.9. The lowest BCUT2D eigenvalue weighted by Gasteiger charge is -2.26. The fraction of sp³-hybridized carbons (Fsp3) is 0.647. The highest BCUT2D eigenvalue weighted by Crippen LogP contribution is 2.45. The Bertz CT molecular complexity index is 504. The lowest BCUT2D eigenvalue weighted by molar-refractivity contribution is 0.274. The third-order valence-electron chi connectivity index (χ3n) is 5.54. The lowest BCUT2D eigenvalue weighted by atomic mass is 9.81. The van der Waals surface area contributed by atoms with Crippen LogP contribution in [-0.4, -0.2) is 43.3 Å². The Morgan fingerprint density at radius 1 is 1.30 bits per heavy atom. The molecule has 1 aliphatic carbocycles. The van der Waals surface area contributed by atoms with E-state index in [4.69, 9.17) is 0 Å². The number of hydrogen-bond acceptors (Lipinski definition) is 2. The topological polar surface area (TPSA) is 15.3 Å². The summed E-state index contributed by atoms with van der Waals surface area (Å²) in [6, 6.07) is 9.32. The quantitative estimate of drug-likeness (QED) is 0.890. The van der Waals surface area contributed by atoms with Crippen molar-refractivity contribution in [2.24, 2.45) is 0 Å². The second-order valence-corrected chi connectivity index (χ2v) is 6.86. The van der Waals surface area contributed by atoms with E-state index in [0.717, 1.165) is 6.54 Å². The van der Waals surface area contributed by atoms with E-state index < -0.39 is 6.17 Å². The number of halogens is 1. The third-order valence-corrected chi connectivity index (χ3v) is 5.54. The molecule has 108 valence electrons. The van der Waals surface area contributed by atoms with Crippen molar-refractivity contribution in [3.63, 3.8) is 0 Å². The summed E-state index contributed by atoms with van der Waals surface area (Å²) in [5.41, 5.74) is 3.53. The molecule has 3 aliphatic rings. The fourth-order valence-electron chi connectivity index (χ4n) is 4.52. The summed E-state index contributed by atoms with van der Waals surface area (Å²) in [6.07, 6.45) is 3.87.